The fourth-order valence-electron chi connectivity index (χ4n) is 2.63. The Morgan fingerprint density at radius 3 is 2.62 bits per heavy atom. The molecule has 0 atom stereocenters. The summed E-state index contributed by atoms with van der Waals surface area (Å²) < 4.78 is 0. The number of nitrogens with one attached hydrogen (secondary N) is 2. The molecule has 114 valence electrons. The number of benzene rings is 1. The number of urea groups is 1. The second kappa shape index (κ2) is 7.31. The lowest BCUT2D eigenvalue weighted by molar-refractivity contribution is 0.0697. The molecule has 0 spiro atoms. The molecule has 0 aliphatic heterocycles. The van der Waals surface area contributed by atoms with Gasteiger partial charge in [-0.1, -0.05) is 37.3 Å². The maximum atomic E-state index is 11.7. The zero-order chi connectivity index (χ0) is 15.2. The molecule has 21 heavy (non-hydrogen) atoms. The third-order valence-electron chi connectivity index (χ3n) is 3.77. The molecule has 0 radical (unpaired) electrons. The average molecular weight is 311 g/mol. The SMILES string of the molecule is O=C(NCCC1CCCC1)Nc1ccc(C(=O)O)c(Cl)c1. The van der Waals surface area contributed by atoms with Gasteiger partial charge in [-0.15, -0.1) is 0 Å². The molecule has 0 aromatic heterocycles. The van der Waals surface area contributed by atoms with Gasteiger partial charge in [0.25, 0.3) is 0 Å². The maximum Gasteiger partial charge on any atom is 0.337 e. The second-order valence-corrected chi connectivity index (χ2v) is 5.73. The number of anilines is 1. The number of carboxylic acid groups (broad SMARTS) is 1. The van der Waals surface area contributed by atoms with Gasteiger partial charge in [-0.3, -0.25) is 0 Å². The summed E-state index contributed by atoms with van der Waals surface area (Å²) >= 11 is 5.85. The Hall–Kier alpha value is -1.75. The largest absolute Gasteiger partial charge is 0.478 e. The second-order valence-electron chi connectivity index (χ2n) is 5.32. The smallest absolute Gasteiger partial charge is 0.337 e. The van der Waals surface area contributed by atoms with Gasteiger partial charge in [0.1, 0.15) is 0 Å². The molecule has 3 N–H and O–H groups in total. The lowest BCUT2D eigenvalue weighted by atomic mass is 10.0. The molecule has 6 heteroatoms. The topological polar surface area (TPSA) is 78.4 Å². The van der Waals surface area contributed by atoms with Crippen LogP contribution in [0.5, 0.6) is 0 Å². The first kappa shape index (κ1) is 15.6. The zero-order valence-corrected chi connectivity index (χ0v) is 12.4. The fraction of sp³-hybridized carbons (Fsp3) is 0.467. The predicted molar refractivity (Wildman–Crippen MR) is 82.0 cm³/mol. The van der Waals surface area contributed by atoms with Crippen molar-refractivity contribution in [2.24, 2.45) is 5.92 Å². The van der Waals surface area contributed by atoms with Crippen molar-refractivity contribution in [3.8, 4) is 0 Å². The molecule has 1 aromatic carbocycles. The van der Waals surface area contributed by atoms with Crippen LogP contribution in [0.1, 0.15) is 42.5 Å². The molecule has 2 rings (SSSR count). The molecule has 0 bridgehead atoms. The Kier molecular flexibility index (Phi) is 5.44. The van der Waals surface area contributed by atoms with Crippen LogP contribution >= 0.6 is 11.6 Å². The quantitative estimate of drug-likeness (QED) is 0.775. The van der Waals surface area contributed by atoms with Crippen LogP contribution in [-0.2, 0) is 0 Å². The Balaban J connectivity index is 1.79. The summed E-state index contributed by atoms with van der Waals surface area (Å²) in [6.45, 7) is 0.650. The van der Waals surface area contributed by atoms with Gasteiger partial charge in [-0.2, -0.15) is 0 Å². The molecule has 1 fully saturated rings. The highest BCUT2D eigenvalue weighted by Gasteiger charge is 2.15. The number of amides is 2. The maximum absolute atomic E-state index is 11.7. The number of carboxylic acids is 1. The number of carbonyl (C=O) groups is 2. The van der Waals surface area contributed by atoms with Gasteiger partial charge in [0.05, 0.1) is 10.6 Å². The third kappa shape index (κ3) is 4.63. The Morgan fingerprint density at radius 2 is 2.00 bits per heavy atom. The Labute approximate surface area is 128 Å². The van der Waals surface area contributed by atoms with Crippen molar-refractivity contribution in [2.75, 3.05) is 11.9 Å². The van der Waals surface area contributed by atoms with E-state index in [1.54, 1.807) is 0 Å². The normalized spacial score (nSPS) is 14.9. The first-order chi connectivity index (χ1) is 10.1. The summed E-state index contributed by atoms with van der Waals surface area (Å²) in [5.41, 5.74) is 0.493. The number of carbonyl (C=O) groups excluding carboxylic acids is 1. The van der Waals surface area contributed by atoms with E-state index in [0.717, 1.165) is 12.3 Å². The van der Waals surface area contributed by atoms with Crippen LogP contribution in [0.25, 0.3) is 0 Å². The number of hydrogen-bond acceptors (Lipinski definition) is 2. The van der Waals surface area contributed by atoms with E-state index < -0.39 is 5.97 Å². The van der Waals surface area contributed by atoms with Crippen molar-refractivity contribution in [1.82, 2.24) is 5.32 Å². The van der Waals surface area contributed by atoms with E-state index in [9.17, 15) is 9.59 Å². The molecule has 0 heterocycles. The van der Waals surface area contributed by atoms with Crippen LogP contribution in [0.15, 0.2) is 18.2 Å². The van der Waals surface area contributed by atoms with E-state index in [4.69, 9.17) is 16.7 Å². The number of rotatable bonds is 5. The van der Waals surface area contributed by atoms with E-state index in [2.05, 4.69) is 10.6 Å². The highest BCUT2D eigenvalue weighted by atomic mass is 35.5. The molecule has 1 aromatic rings. The molecule has 1 aliphatic carbocycles. The Morgan fingerprint density at radius 1 is 1.29 bits per heavy atom. The predicted octanol–water partition coefficient (Wildman–Crippen LogP) is 3.74. The van der Waals surface area contributed by atoms with Crippen molar-refractivity contribution in [3.05, 3.63) is 28.8 Å². The van der Waals surface area contributed by atoms with Crippen LogP contribution in [0, 0.1) is 5.92 Å². The van der Waals surface area contributed by atoms with Crippen LogP contribution in [0.4, 0.5) is 10.5 Å². The minimum Gasteiger partial charge on any atom is -0.478 e. The number of aromatic carboxylic acids is 1. The monoisotopic (exact) mass is 310 g/mol. The molecule has 1 aliphatic rings. The van der Waals surface area contributed by atoms with E-state index >= 15 is 0 Å². The van der Waals surface area contributed by atoms with Gasteiger partial charge in [0.15, 0.2) is 0 Å². The standard InChI is InChI=1S/C15H19ClN2O3/c16-13-9-11(5-6-12(13)14(19)20)18-15(21)17-8-7-10-3-1-2-4-10/h5-6,9-10H,1-4,7-8H2,(H,19,20)(H2,17,18,21). The lowest BCUT2D eigenvalue weighted by Crippen LogP contribution is -2.30. The molecule has 0 saturated heterocycles. The van der Waals surface area contributed by atoms with Gasteiger partial charge in [0, 0.05) is 12.2 Å². The van der Waals surface area contributed by atoms with Gasteiger partial charge >= 0.3 is 12.0 Å². The van der Waals surface area contributed by atoms with Crippen molar-refractivity contribution in [1.29, 1.82) is 0 Å². The molecular weight excluding hydrogens is 292 g/mol. The highest BCUT2D eigenvalue weighted by molar-refractivity contribution is 6.33. The van der Waals surface area contributed by atoms with Crippen LogP contribution < -0.4 is 10.6 Å². The fourth-order valence-corrected chi connectivity index (χ4v) is 2.89. The van der Waals surface area contributed by atoms with Gasteiger partial charge in [0.2, 0.25) is 0 Å². The minimum atomic E-state index is -1.09. The molecule has 5 nitrogen and oxygen atoms in total. The third-order valence-corrected chi connectivity index (χ3v) is 4.08. The van der Waals surface area contributed by atoms with Crippen LogP contribution in [0.2, 0.25) is 5.02 Å². The van der Waals surface area contributed by atoms with Crippen molar-refractivity contribution >= 4 is 29.3 Å². The van der Waals surface area contributed by atoms with Crippen molar-refractivity contribution < 1.29 is 14.7 Å². The van der Waals surface area contributed by atoms with Gasteiger partial charge < -0.3 is 15.7 Å². The average Bonchev–Trinajstić information content (AvgIpc) is 2.91. The first-order valence-electron chi connectivity index (χ1n) is 7.14. The first-order valence-corrected chi connectivity index (χ1v) is 7.52. The van der Waals surface area contributed by atoms with Gasteiger partial charge in [-0.05, 0) is 30.5 Å². The van der Waals surface area contributed by atoms with Gasteiger partial charge in [-0.25, -0.2) is 9.59 Å². The minimum absolute atomic E-state index is 0.0175. The number of halogens is 1. The summed E-state index contributed by atoms with van der Waals surface area (Å²) in [7, 11) is 0. The Bertz CT molecular complexity index is 528. The van der Waals surface area contributed by atoms with E-state index in [1.165, 1.54) is 43.9 Å². The summed E-state index contributed by atoms with van der Waals surface area (Å²) in [5.74, 6) is -0.359. The summed E-state index contributed by atoms with van der Waals surface area (Å²) in [6, 6.07) is 4.03. The molecule has 2 amide bonds. The summed E-state index contributed by atoms with van der Waals surface area (Å²) in [5, 5.41) is 14.4. The van der Waals surface area contributed by atoms with Crippen molar-refractivity contribution in [3.63, 3.8) is 0 Å². The molecular formula is C15H19ClN2O3. The van der Waals surface area contributed by atoms with Crippen LogP contribution in [0.3, 0.4) is 0 Å². The van der Waals surface area contributed by atoms with E-state index in [-0.39, 0.29) is 16.6 Å². The molecule has 1 saturated carbocycles. The molecule has 0 unspecified atom stereocenters. The summed E-state index contributed by atoms with van der Waals surface area (Å²) in [4.78, 5) is 22.6. The van der Waals surface area contributed by atoms with E-state index in [1.807, 2.05) is 0 Å². The zero-order valence-electron chi connectivity index (χ0n) is 11.7. The summed E-state index contributed by atoms with van der Waals surface area (Å²) in [6.07, 6.45) is 6.12. The van der Waals surface area contributed by atoms with Crippen LogP contribution in [-0.4, -0.2) is 23.7 Å². The number of hydrogen-bond donors (Lipinski definition) is 3. The van der Waals surface area contributed by atoms with E-state index in [0.29, 0.717) is 12.2 Å². The van der Waals surface area contributed by atoms with Crippen molar-refractivity contribution in [2.45, 2.75) is 32.1 Å². The highest BCUT2D eigenvalue weighted by Crippen LogP contribution is 2.27. The lowest BCUT2D eigenvalue weighted by Gasteiger charge is -2.11.